The van der Waals surface area contributed by atoms with E-state index in [0.717, 1.165) is 12.3 Å². The average Bonchev–Trinajstić information content (AvgIpc) is 2.45. The molecule has 1 heterocycles. The van der Waals surface area contributed by atoms with E-state index in [4.69, 9.17) is 5.73 Å². The van der Waals surface area contributed by atoms with Crippen molar-refractivity contribution in [2.75, 3.05) is 19.5 Å². The summed E-state index contributed by atoms with van der Waals surface area (Å²) in [7, 11) is -2.89. The molecule has 0 bridgehead atoms. The smallest absolute Gasteiger partial charge is 0.368 e. The van der Waals surface area contributed by atoms with Crippen LogP contribution in [0.15, 0.2) is 27.7 Å². The third-order valence-corrected chi connectivity index (χ3v) is 5.18. The van der Waals surface area contributed by atoms with Gasteiger partial charge in [0.05, 0.1) is 21.7 Å². The highest BCUT2D eigenvalue weighted by Gasteiger charge is 2.32. The maximum Gasteiger partial charge on any atom is 0.433 e. The Morgan fingerprint density at radius 3 is 2.57 bits per heavy atom. The molecule has 2 atom stereocenters. The van der Waals surface area contributed by atoms with Crippen LogP contribution in [0.1, 0.15) is 29.9 Å². The summed E-state index contributed by atoms with van der Waals surface area (Å²) in [6.45, 7) is 1.12. The largest absolute Gasteiger partial charge is 0.433 e. The van der Waals surface area contributed by atoms with Crippen LogP contribution in [0.3, 0.4) is 0 Å². The standard InChI is InChI=1S/C13H18F4N4OS/c1-9(10-4-5-11(20-8-10)13(15,16)17)23(2,22)21-12(18)19-7-3-6-14/h4-5,8-9H,3,6-7H2,1-2H3,(H2,18,19). The minimum atomic E-state index is -4.53. The van der Waals surface area contributed by atoms with E-state index in [1.165, 1.54) is 12.3 Å². The minimum absolute atomic E-state index is 0.123. The lowest BCUT2D eigenvalue weighted by molar-refractivity contribution is -0.141. The van der Waals surface area contributed by atoms with E-state index >= 15 is 0 Å². The van der Waals surface area contributed by atoms with Gasteiger partial charge in [0.15, 0.2) is 0 Å². The molecular formula is C13H18F4N4OS. The molecule has 0 aromatic carbocycles. The van der Waals surface area contributed by atoms with E-state index in [0.29, 0.717) is 5.56 Å². The average molecular weight is 354 g/mol. The highest BCUT2D eigenvalue weighted by Crippen LogP contribution is 2.29. The summed E-state index contributed by atoms with van der Waals surface area (Å²) in [5.74, 6) is -0.224. The maximum atomic E-state index is 12.6. The first-order valence-electron chi connectivity index (χ1n) is 6.68. The first-order valence-corrected chi connectivity index (χ1v) is 8.66. The third-order valence-electron chi connectivity index (χ3n) is 3.04. The van der Waals surface area contributed by atoms with Crippen LogP contribution < -0.4 is 5.73 Å². The van der Waals surface area contributed by atoms with Crippen molar-refractivity contribution in [3.05, 3.63) is 29.6 Å². The number of alkyl halides is 4. The van der Waals surface area contributed by atoms with Gasteiger partial charge in [-0.2, -0.15) is 17.5 Å². The topological polar surface area (TPSA) is 80.7 Å². The maximum absolute atomic E-state index is 12.6. The van der Waals surface area contributed by atoms with Crippen LogP contribution in [0.5, 0.6) is 0 Å². The lowest BCUT2D eigenvalue weighted by atomic mass is 10.2. The number of hydrogen-bond donors (Lipinski definition) is 1. The SMILES string of the molecule is CC(c1ccc(C(F)(F)F)nc1)S(C)(=O)=NC(N)=NCCCF. The number of hydrogen-bond acceptors (Lipinski definition) is 3. The minimum Gasteiger partial charge on any atom is -0.368 e. The molecule has 1 aromatic rings. The van der Waals surface area contributed by atoms with Crippen molar-refractivity contribution in [1.29, 1.82) is 0 Å². The summed E-state index contributed by atoms with van der Waals surface area (Å²) in [6.07, 6.45) is -2.01. The number of aromatic nitrogens is 1. The summed E-state index contributed by atoms with van der Waals surface area (Å²) >= 11 is 0. The normalized spacial score (nSPS) is 16.7. The summed E-state index contributed by atoms with van der Waals surface area (Å²) in [6, 6.07) is 2.02. The molecule has 130 valence electrons. The molecule has 2 N–H and O–H groups in total. The monoisotopic (exact) mass is 354 g/mol. The number of nitrogens with two attached hydrogens (primary N) is 1. The van der Waals surface area contributed by atoms with E-state index in [9.17, 15) is 21.8 Å². The van der Waals surface area contributed by atoms with E-state index in [2.05, 4.69) is 14.3 Å². The van der Waals surface area contributed by atoms with Crippen molar-refractivity contribution in [3.8, 4) is 0 Å². The molecule has 0 spiro atoms. The molecule has 0 aliphatic heterocycles. The predicted molar refractivity (Wildman–Crippen MR) is 81.2 cm³/mol. The van der Waals surface area contributed by atoms with Crippen molar-refractivity contribution in [3.63, 3.8) is 0 Å². The fourth-order valence-corrected chi connectivity index (χ4v) is 2.84. The molecule has 0 saturated heterocycles. The van der Waals surface area contributed by atoms with E-state index in [-0.39, 0.29) is 18.9 Å². The van der Waals surface area contributed by atoms with Gasteiger partial charge in [-0.3, -0.25) is 14.4 Å². The van der Waals surface area contributed by atoms with Crippen molar-refractivity contribution in [2.45, 2.75) is 24.8 Å². The Morgan fingerprint density at radius 2 is 2.09 bits per heavy atom. The number of halogens is 4. The molecule has 5 nitrogen and oxygen atoms in total. The molecule has 23 heavy (non-hydrogen) atoms. The van der Waals surface area contributed by atoms with E-state index in [1.807, 2.05) is 0 Å². The Labute approximate surface area is 132 Å². The molecule has 0 radical (unpaired) electrons. The summed E-state index contributed by atoms with van der Waals surface area (Å²) in [5, 5.41) is -0.702. The number of aliphatic imine (C=N–C) groups is 1. The van der Waals surface area contributed by atoms with Crippen LogP contribution in [0.4, 0.5) is 17.6 Å². The Morgan fingerprint density at radius 1 is 1.43 bits per heavy atom. The zero-order chi connectivity index (χ0) is 17.7. The van der Waals surface area contributed by atoms with Gasteiger partial charge >= 0.3 is 6.18 Å². The molecule has 0 fully saturated rings. The van der Waals surface area contributed by atoms with Crippen LogP contribution in [0.2, 0.25) is 0 Å². The van der Waals surface area contributed by atoms with Crippen LogP contribution in [-0.2, 0) is 15.9 Å². The van der Waals surface area contributed by atoms with Crippen LogP contribution in [0, 0.1) is 0 Å². The number of nitrogens with zero attached hydrogens (tertiary/aromatic N) is 3. The fourth-order valence-electron chi connectivity index (χ4n) is 1.61. The van der Waals surface area contributed by atoms with Gasteiger partial charge in [-0.05, 0) is 25.0 Å². The summed E-state index contributed by atoms with van der Waals surface area (Å²) < 4.78 is 65.8. The summed E-state index contributed by atoms with van der Waals surface area (Å²) in [5.41, 5.74) is 4.83. The molecule has 0 aliphatic carbocycles. The molecule has 0 aliphatic rings. The van der Waals surface area contributed by atoms with Gasteiger partial charge < -0.3 is 5.73 Å². The molecule has 2 unspecified atom stereocenters. The fraction of sp³-hybridized carbons (Fsp3) is 0.538. The zero-order valence-electron chi connectivity index (χ0n) is 12.7. The molecule has 0 amide bonds. The quantitative estimate of drug-likeness (QED) is 0.382. The van der Waals surface area contributed by atoms with Crippen LogP contribution in [-0.4, -0.2) is 34.6 Å². The molecular weight excluding hydrogens is 336 g/mol. The third kappa shape index (κ3) is 5.77. The van der Waals surface area contributed by atoms with Gasteiger partial charge in [0, 0.05) is 19.0 Å². The molecule has 0 saturated carbocycles. The summed E-state index contributed by atoms with van der Waals surface area (Å²) in [4.78, 5) is 7.09. The van der Waals surface area contributed by atoms with Gasteiger partial charge in [-0.15, -0.1) is 0 Å². The zero-order valence-corrected chi connectivity index (χ0v) is 13.5. The lowest BCUT2D eigenvalue weighted by Crippen LogP contribution is -2.17. The van der Waals surface area contributed by atoms with Crippen LogP contribution >= 0.6 is 0 Å². The second-order valence-corrected chi connectivity index (χ2v) is 7.46. The molecule has 1 rings (SSSR count). The van der Waals surface area contributed by atoms with Gasteiger partial charge in [0.1, 0.15) is 5.69 Å². The van der Waals surface area contributed by atoms with E-state index in [1.54, 1.807) is 6.92 Å². The Bertz CT molecular complexity index is 664. The van der Waals surface area contributed by atoms with Crippen LogP contribution in [0.25, 0.3) is 0 Å². The van der Waals surface area contributed by atoms with Crippen molar-refractivity contribution >= 4 is 15.7 Å². The number of pyridine rings is 1. The van der Waals surface area contributed by atoms with Gasteiger partial charge in [0.2, 0.25) is 5.96 Å². The van der Waals surface area contributed by atoms with Crippen molar-refractivity contribution in [2.24, 2.45) is 15.1 Å². The van der Waals surface area contributed by atoms with Crippen molar-refractivity contribution in [1.82, 2.24) is 4.98 Å². The predicted octanol–water partition coefficient (Wildman–Crippen LogP) is 2.93. The highest BCUT2D eigenvalue weighted by molar-refractivity contribution is 7.93. The molecule has 1 aromatic heterocycles. The Balaban J connectivity index is 3.00. The van der Waals surface area contributed by atoms with Crippen molar-refractivity contribution < 1.29 is 21.8 Å². The highest BCUT2D eigenvalue weighted by atomic mass is 32.2. The number of rotatable bonds is 5. The Kier molecular flexibility index (Phi) is 6.48. The van der Waals surface area contributed by atoms with E-state index < -0.39 is 33.5 Å². The first-order chi connectivity index (χ1) is 10.6. The second-order valence-electron chi connectivity index (χ2n) is 4.85. The van der Waals surface area contributed by atoms with Gasteiger partial charge in [0.25, 0.3) is 0 Å². The molecule has 10 heteroatoms. The lowest BCUT2D eigenvalue weighted by Gasteiger charge is -2.14. The first kappa shape index (κ1) is 19.3. The Hall–Kier alpha value is -1.71. The second kappa shape index (κ2) is 7.71. The van der Waals surface area contributed by atoms with Gasteiger partial charge in [-0.25, -0.2) is 4.21 Å². The van der Waals surface area contributed by atoms with Gasteiger partial charge in [-0.1, -0.05) is 6.07 Å². The number of guanidine groups is 1.